The average Bonchev–Trinajstić information content (AvgIpc) is 2.93. The number of benzene rings is 2. The van der Waals surface area contributed by atoms with E-state index < -0.39 is 0 Å². The lowest BCUT2D eigenvalue weighted by molar-refractivity contribution is 0.102. The fraction of sp³-hybridized carbons (Fsp3) is 0.0556. The minimum atomic E-state index is -0.353. The minimum absolute atomic E-state index is 0.336. The summed E-state index contributed by atoms with van der Waals surface area (Å²) in [4.78, 5) is 12.4. The first-order chi connectivity index (χ1) is 11.4. The van der Waals surface area contributed by atoms with Crippen LogP contribution >= 0.6 is 23.2 Å². The van der Waals surface area contributed by atoms with Gasteiger partial charge in [0.25, 0.3) is 5.91 Å². The van der Waals surface area contributed by atoms with E-state index in [2.05, 4.69) is 5.32 Å². The van der Waals surface area contributed by atoms with Crippen LogP contribution in [-0.4, -0.2) is 5.91 Å². The van der Waals surface area contributed by atoms with Crippen LogP contribution in [0.15, 0.2) is 52.9 Å². The second-order valence-electron chi connectivity index (χ2n) is 5.17. The number of carbonyl (C=O) groups is 1. The van der Waals surface area contributed by atoms with E-state index in [1.807, 2.05) is 0 Å². The smallest absolute Gasteiger partial charge is 0.259 e. The third-order valence-electron chi connectivity index (χ3n) is 3.47. The van der Waals surface area contributed by atoms with E-state index in [9.17, 15) is 9.18 Å². The number of hydrogen-bond donors (Lipinski definition) is 1. The number of furan rings is 1. The molecule has 0 spiro atoms. The molecule has 2 aromatic carbocycles. The number of rotatable bonds is 3. The molecule has 1 aromatic heterocycles. The van der Waals surface area contributed by atoms with E-state index in [-0.39, 0.29) is 11.7 Å². The van der Waals surface area contributed by atoms with Gasteiger partial charge in [0.2, 0.25) is 0 Å². The molecule has 0 saturated heterocycles. The van der Waals surface area contributed by atoms with Crippen molar-refractivity contribution in [1.29, 1.82) is 0 Å². The molecule has 0 aliphatic rings. The molecule has 0 atom stereocenters. The summed E-state index contributed by atoms with van der Waals surface area (Å²) in [6.07, 6.45) is 0. The Morgan fingerprint density at radius 2 is 1.79 bits per heavy atom. The van der Waals surface area contributed by atoms with Crippen LogP contribution < -0.4 is 5.32 Å². The summed E-state index contributed by atoms with van der Waals surface area (Å²) in [6.45, 7) is 1.69. The minimum Gasteiger partial charge on any atom is -0.461 e. The number of aryl methyl sites for hydroxylation is 1. The van der Waals surface area contributed by atoms with E-state index in [4.69, 9.17) is 27.6 Å². The first-order valence-electron chi connectivity index (χ1n) is 7.07. The molecule has 1 heterocycles. The average molecular weight is 364 g/mol. The topological polar surface area (TPSA) is 42.2 Å². The molecule has 24 heavy (non-hydrogen) atoms. The molecule has 122 valence electrons. The summed E-state index contributed by atoms with van der Waals surface area (Å²) in [7, 11) is 0. The second kappa shape index (κ2) is 6.67. The highest BCUT2D eigenvalue weighted by Crippen LogP contribution is 2.28. The van der Waals surface area contributed by atoms with Crippen LogP contribution in [0.25, 0.3) is 11.3 Å². The van der Waals surface area contributed by atoms with Crippen molar-refractivity contribution in [1.82, 2.24) is 0 Å². The highest BCUT2D eigenvalue weighted by molar-refractivity contribution is 6.36. The van der Waals surface area contributed by atoms with Crippen LogP contribution in [0, 0.1) is 12.7 Å². The van der Waals surface area contributed by atoms with Gasteiger partial charge in [-0.05, 0) is 55.5 Å². The van der Waals surface area contributed by atoms with Gasteiger partial charge < -0.3 is 9.73 Å². The predicted octanol–water partition coefficient (Wildman–Crippen LogP) is 5.95. The first kappa shape index (κ1) is 16.6. The maximum Gasteiger partial charge on any atom is 0.259 e. The molecule has 3 aromatic rings. The largest absolute Gasteiger partial charge is 0.461 e. The fourth-order valence-corrected chi connectivity index (χ4v) is 2.70. The van der Waals surface area contributed by atoms with Gasteiger partial charge >= 0.3 is 0 Å². The van der Waals surface area contributed by atoms with Crippen molar-refractivity contribution in [2.75, 3.05) is 5.32 Å². The molecule has 0 fully saturated rings. The first-order valence-corrected chi connectivity index (χ1v) is 7.82. The zero-order valence-corrected chi connectivity index (χ0v) is 14.1. The van der Waals surface area contributed by atoms with E-state index in [0.717, 1.165) is 0 Å². The van der Waals surface area contributed by atoms with Crippen LogP contribution in [0.2, 0.25) is 10.0 Å². The summed E-state index contributed by atoms with van der Waals surface area (Å²) in [6, 6.07) is 12.3. The Bertz CT molecular complexity index is 904. The number of anilines is 1. The standard InChI is InChI=1S/C18H12Cl2FNO2/c1-10-14(9-17(24-10)11-2-5-13(21)6-3-11)18(23)22-16-7-4-12(19)8-15(16)20/h2-9H,1H3,(H,22,23). The zero-order valence-electron chi connectivity index (χ0n) is 12.6. The number of nitrogens with one attached hydrogen (secondary N) is 1. The van der Waals surface area contributed by atoms with Crippen LogP contribution in [0.4, 0.5) is 10.1 Å². The third kappa shape index (κ3) is 3.45. The second-order valence-corrected chi connectivity index (χ2v) is 6.01. The predicted molar refractivity (Wildman–Crippen MR) is 93.3 cm³/mol. The van der Waals surface area contributed by atoms with Crippen molar-refractivity contribution in [2.45, 2.75) is 6.92 Å². The SMILES string of the molecule is Cc1oc(-c2ccc(F)cc2)cc1C(=O)Nc1ccc(Cl)cc1Cl. The van der Waals surface area contributed by atoms with E-state index in [1.54, 1.807) is 43.3 Å². The number of hydrogen-bond acceptors (Lipinski definition) is 2. The van der Waals surface area contributed by atoms with E-state index in [0.29, 0.717) is 38.4 Å². The van der Waals surface area contributed by atoms with E-state index in [1.165, 1.54) is 12.1 Å². The summed E-state index contributed by atoms with van der Waals surface area (Å²) < 4.78 is 18.6. The van der Waals surface area contributed by atoms with Gasteiger partial charge in [-0.3, -0.25) is 4.79 Å². The van der Waals surface area contributed by atoms with Crippen LogP contribution in [0.1, 0.15) is 16.1 Å². The van der Waals surface area contributed by atoms with Gasteiger partial charge in [0, 0.05) is 10.6 Å². The number of carbonyl (C=O) groups excluding carboxylic acids is 1. The molecule has 0 radical (unpaired) electrons. The van der Waals surface area contributed by atoms with Crippen molar-refractivity contribution in [3.05, 3.63) is 75.7 Å². The molecule has 3 nitrogen and oxygen atoms in total. The lowest BCUT2D eigenvalue weighted by Crippen LogP contribution is -2.12. The van der Waals surface area contributed by atoms with Crippen LogP contribution in [0.5, 0.6) is 0 Å². The molecular formula is C18H12Cl2FNO2. The van der Waals surface area contributed by atoms with Crippen molar-refractivity contribution >= 4 is 34.8 Å². The Morgan fingerprint density at radius 1 is 1.08 bits per heavy atom. The normalized spacial score (nSPS) is 10.7. The molecule has 1 amide bonds. The molecule has 0 aliphatic heterocycles. The summed E-state index contributed by atoms with van der Waals surface area (Å²) in [5.41, 5.74) is 1.51. The maximum atomic E-state index is 13.0. The number of amides is 1. The zero-order chi connectivity index (χ0) is 17.3. The van der Waals surface area contributed by atoms with Crippen LogP contribution in [-0.2, 0) is 0 Å². The van der Waals surface area contributed by atoms with Gasteiger partial charge in [-0.15, -0.1) is 0 Å². The molecule has 1 N–H and O–H groups in total. The van der Waals surface area contributed by atoms with Gasteiger partial charge in [0.05, 0.1) is 16.3 Å². The van der Waals surface area contributed by atoms with Crippen molar-refractivity contribution < 1.29 is 13.6 Å². The van der Waals surface area contributed by atoms with Gasteiger partial charge in [-0.25, -0.2) is 4.39 Å². The van der Waals surface area contributed by atoms with Gasteiger partial charge in [0.1, 0.15) is 17.3 Å². The van der Waals surface area contributed by atoms with Gasteiger partial charge in [0.15, 0.2) is 0 Å². The summed E-state index contributed by atoms with van der Waals surface area (Å²) in [5.74, 6) is 0.253. The highest BCUT2D eigenvalue weighted by Gasteiger charge is 2.17. The molecule has 6 heteroatoms. The monoisotopic (exact) mass is 363 g/mol. The van der Waals surface area contributed by atoms with Crippen molar-refractivity contribution in [3.8, 4) is 11.3 Å². The highest BCUT2D eigenvalue weighted by atomic mass is 35.5. The molecule has 3 rings (SSSR count). The van der Waals surface area contributed by atoms with Gasteiger partial charge in [-0.1, -0.05) is 23.2 Å². The Balaban J connectivity index is 1.86. The van der Waals surface area contributed by atoms with Crippen molar-refractivity contribution in [2.24, 2.45) is 0 Å². The fourth-order valence-electron chi connectivity index (χ4n) is 2.24. The Hall–Kier alpha value is -2.30. The molecule has 0 aliphatic carbocycles. The van der Waals surface area contributed by atoms with E-state index >= 15 is 0 Å². The molecule has 0 unspecified atom stereocenters. The maximum absolute atomic E-state index is 13.0. The van der Waals surface area contributed by atoms with Crippen LogP contribution in [0.3, 0.4) is 0 Å². The quantitative estimate of drug-likeness (QED) is 0.624. The Kier molecular flexibility index (Phi) is 4.60. The summed E-state index contributed by atoms with van der Waals surface area (Å²) in [5, 5.41) is 3.54. The number of halogens is 3. The molecular weight excluding hydrogens is 352 g/mol. The Morgan fingerprint density at radius 3 is 2.46 bits per heavy atom. The molecule has 0 bridgehead atoms. The lowest BCUT2D eigenvalue weighted by atomic mass is 10.1. The van der Waals surface area contributed by atoms with Crippen molar-refractivity contribution in [3.63, 3.8) is 0 Å². The molecule has 0 saturated carbocycles. The lowest BCUT2D eigenvalue weighted by Gasteiger charge is -2.06. The third-order valence-corrected chi connectivity index (χ3v) is 4.02. The van der Waals surface area contributed by atoms with Gasteiger partial charge in [-0.2, -0.15) is 0 Å². The summed E-state index contributed by atoms with van der Waals surface area (Å²) >= 11 is 11.9. The Labute approximate surface area is 148 Å².